The molecule has 10 nitrogen and oxygen atoms in total. The zero-order valence-electron chi connectivity index (χ0n) is 26.4. The molecular formula is C32H38N4O6SSi. The van der Waals surface area contributed by atoms with E-state index < -0.39 is 24.7 Å². The third-order valence-corrected chi connectivity index (χ3v) is 13.9. The van der Waals surface area contributed by atoms with E-state index in [0.717, 1.165) is 11.8 Å². The zero-order valence-corrected chi connectivity index (χ0v) is 28.3. The minimum absolute atomic E-state index is 0.0106. The van der Waals surface area contributed by atoms with E-state index in [9.17, 15) is 14.3 Å². The van der Waals surface area contributed by atoms with Gasteiger partial charge in [-0.3, -0.25) is 4.21 Å². The third-order valence-electron chi connectivity index (χ3n) is 8.74. The summed E-state index contributed by atoms with van der Waals surface area (Å²) in [5.41, 5.74) is 1.22. The first kappa shape index (κ1) is 31.8. The average Bonchev–Trinajstić information content (AvgIpc) is 2.95. The Morgan fingerprint density at radius 1 is 1.20 bits per heavy atom. The second-order valence-electron chi connectivity index (χ2n) is 12.6. The predicted octanol–water partition coefficient (Wildman–Crippen LogP) is 5.90. The fourth-order valence-electron chi connectivity index (χ4n) is 5.11. The number of ether oxygens (including phenoxy) is 2. The first-order valence-electron chi connectivity index (χ1n) is 14.5. The van der Waals surface area contributed by atoms with Gasteiger partial charge in [0.2, 0.25) is 5.16 Å². The standard InChI is InChI=1S/C32H38N4O6SSi/c1-19-27-26(29(35-31(34-27)43(6)38)36-13-12-22(36)17-41-44(7,8)32(2,3)4)30(37)42-28(19)24-15-23(40-18-39-5)14-20-10-9-11-21(16-33)25(20)24/h9-11,14-15,22H,12-13,17-18H2,1-8H3/t22-,43?/m0/s1. The summed E-state index contributed by atoms with van der Waals surface area (Å²) in [4.78, 5) is 25.2. The maximum absolute atomic E-state index is 13.9. The Hall–Kier alpha value is -3.63. The molecule has 5 rings (SSSR count). The smallest absolute Gasteiger partial charge is 0.349 e. The zero-order chi connectivity index (χ0) is 32.0. The van der Waals surface area contributed by atoms with Gasteiger partial charge >= 0.3 is 5.63 Å². The molecule has 0 bridgehead atoms. The number of rotatable bonds is 9. The molecule has 0 saturated carbocycles. The van der Waals surface area contributed by atoms with Crippen LogP contribution in [0.25, 0.3) is 33.0 Å². The SMILES string of the molecule is COCOc1cc(-c2oc(=O)c3c(N4CC[C@H]4CO[Si](C)(C)C(C)(C)C)nc(S(C)=O)nc3c2C)c2c(C#N)cccc2c1. The van der Waals surface area contributed by atoms with Gasteiger partial charge in [0.25, 0.3) is 0 Å². The first-order valence-corrected chi connectivity index (χ1v) is 18.9. The van der Waals surface area contributed by atoms with E-state index in [2.05, 4.69) is 49.9 Å². The number of hydrogen-bond acceptors (Lipinski definition) is 10. The van der Waals surface area contributed by atoms with Crippen LogP contribution in [0.4, 0.5) is 5.82 Å². The first-order chi connectivity index (χ1) is 20.8. The van der Waals surface area contributed by atoms with Crippen molar-refractivity contribution in [3.8, 4) is 23.1 Å². The van der Waals surface area contributed by atoms with Crippen LogP contribution in [0.1, 0.15) is 38.3 Å². The molecule has 0 radical (unpaired) electrons. The number of aryl methyl sites for hydroxylation is 1. The lowest BCUT2D eigenvalue weighted by Gasteiger charge is -2.45. The van der Waals surface area contributed by atoms with E-state index in [1.54, 1.807) is 25.1 Å². The minimum Gasteiger partial charge on any atom is -0.468 e. The molecule has 1 saturated heterocycles. The van der Waals surface area contributed by atoms with Gasteiger partial charge in [0.15, 0.2) is 15.1 Å². The van der Waals surface area contributed by atoms with Crippen LogP contribution in [0.15, 0.2) is 44.7 Å². The maximum atomic E-state index is 13.9. The number of methoxy groups -OCH3 is 1. The molecule has 2 aromatic heterocycles. The van der Waals surface area contributed by atoms with Gasteiger partial charge < -0.3 is 23.2 Å². The van der Waals surface area contributed by atoms with Crippen molar-refractivity contribution in [2.45, 2.75) is 63.4 Å². The molecular weight excluding hydrogens is 597 g/mol. The third kappa shape index (κ3) is 5.77. The van der Waals surface area contributed by atoms with Gasteiger partial charge in [-0.05, 0) is 55.1 Å². The Bertz CT molecular complexity index is 1880. The van der Waals surface area contributed by atoms with Crippen LogP contribution in [-0.2, 0) is 20.0 Å². The molecule has 44 heavy (non-hydrogen) atoms. The Morgan fingerprint density at radius 2 is 1.95 bits per heavy atom. The summed E-state index contributed by atoms with van der Waals surface area (Å²) in [6.07, 6.45) is 2.40. The Balaban J connectivity index is 1.69. The molecule has 1 aliphatic rings. The summed E-state index contributed by atoms with van der Waals surface area (Å²) in [5.74, 6) is 1.13. The molecule has 3 heterocycles. The normalized spacial score (nSPS) is 16.2. The molecule has 1 aliphatic heterocycles. The van der Waals surface area contributed by atoms with Crippen molar-refractivity contribution >= 4 is 46.6 Å². The van der Waals surface area contributed by atoms with Gasteiger partial charge in [-0.15, -0.1) is 0 Å². The average molecular weight is 635 g/mol. The fraction of sp³-hybridized carbons (Fsp3) is 0.438. The van der Waals surface area contributed by atoms with E-state index in [4.69, 9.17) is 18.3 Å². The van der Waals surface area contributed by atoms with Crippen LogP contribution in [0.2, 0.25) is 18.1 Å². The van der Waals surface area contributed by atoms with Crippen molar-refractivity contribution in [1.82, 2.24) is 9.97 Å². The van der Waals surface area contributed by atoms with E-state index in [1.165, 1.54) is 13.4 Å². The molecule has 12 heteroatoms. The van der Waals surface area contributed by atoms with Gasteiger partial charge in [0.1, 0.15) is 22.7 Å². The van der Waals surface area contributed by atoms with Crippen molar-refractivity contribution < 1.29 is 22.5 Å². The molecule has 1 fully saturated rings. The van der Waals surface area contributed by atoms with Crippen molar-refractivity contribution in [2.24, 2.45) is 0 Å². The molecule has 0 amide bonds. The molecule has 0 aliphatic carbocycles. The van der Waals surface area contributed by atoms with E-state index in [0.29, 0.717) is 52.3 Å². The molecule has 0 spiro atoms. The highest BCUT2D eigenvalue weighted by molar-refractivity contribution is 7.84. The minimum atomic E-state index is -2.00. The number of nitriles is 1. The van der Waals surface area contributed by atoms with Gasteiger partial charge in [0, 0.05) is 36.4 Å². The van der Waals surface area contributed by atoms with Gasteiger partial charge in [-0.1, -0.05) is 32.9 Å². The highest BCUT2D eigenvalue weighted by Crippen LogP contribution is 2.40. The monoisotopic (exact) mass is 634 g/mol. The van der Waals surface area contributed by atoms with Gasteiger partial charge in [-0.2, -0.15) is 5.26 Å². The lowest BCUT2D eigenvalue weighted by atomic mass is 9.95. The predicted molar refractivity (Wildman–Crippen MR) is 174 cm³/mol. The van der Waals surface area contributed by atoms with Crippen molar-refractivity contribution in [2.75, 3.05) is 38.2 Å². The van der Waals surface area contributed by atoms with Crippen LogP contribution >= 0.6 is 0 Å². The summed E-state index contributed by atoms with van der Waals surface area (Å²) in [7, 11) is -1.99. The Kier molecular flexibility index (Phi) is 8.70. The number of hydrogen-bond donors (Lipinski definition) is 0. The van der Waals surface area contributed by atoms with E-state index >= 15 is 0 Å². The van der Waals surface area contributed by atoms with Gasteiger partial charge in [0.05, 0.1) is 40.6 Å². The highest BCUT2D eigenvalue weighted by Gasteiger charge is 2.40. The topological polar surface area (TPSA) is 128 Å². The van der Waals surface area contributed by atoms with Crippen LogP contribution in [0.3, 0.4) is 0 Å². The van der Waals surface area contributed by atoms with Crippen molar-refractivity contribution in [3.05, 3.63) is 51.9 Å². The van der Waals surface area contributed by atoms with E-state index in [-0.39, 0.29) is 34.2 Å². The fourth-order valence-corrected chi connectivity index (χ4v) is 6.58. The van der Waals surface area contributed by atoms with Crippen LogP contribution < -0.4 is 15.3 Å². The number of aromatic nitrogens is 2. The lowest BCUT2D eigenvalue weighted by Crippen LogP contribution is -2.54. The number of benzene rings is 2. The highest BCUT2D eigenvalue weighted by atomic mass is 32.2. The molecule has 4 aromatic rings. The molecule has 0 N–H and O–H groups in total. The van der Waals surface area contributed by atoms with Crippen LogP contribution in [0.5, 0.6) is 5.75 Å². The summed E-state index contributed by atoms with van der Waals surface area (Å²) < 4.78 is 36.2. The van der Waals surface area contributed by atoms with Gasteiger partial charge in [-0.25, -0.2) is 14.8 Å². The molecule has 232 valence electrons. The largest absolute Gasteiger partial charge is 0.468 e. The summed E-state index contributed by atoms with van der Waals surface area (Å²) in [5, 5.41) is 11.7. The summed E-state index contributed by atoms with van der Waals surface area (Å²) >= 11 is 0. The number of anilines is 1. The Morgan fingerprint density at radius 3 is 2.57 bits per heavy atom. The quantitative estimate of drug-likeness (QED) is 0.125. The van der Waals surface area contributed by atoms with Crippen LogP contribution in [0, 0.1) is 18.3 Å². The Labute approximate surface area is 260 Å². The lowest BCUT2D eigenvalue weighted by molar-refractivity contribution is 0.0512. The molecule has 1 unspecified atom stereocenters. The van der Waals surface area contributed by atoms with Crippen molar-refractivity contribution in [1.29, 1.82) is 5.26 Å². The maximum Gasteiger partial charge on any atom is 0.349 e. The number of fused-ring (bicyclic) bond motifs is 2. The second-order valence-corrected chi connectivity index (χ2v) is 18.7. The van der Waals surface area contributed by atoms with Crippen LogP contribution in [-0.4, -0.2) is 61.8 Å². The molecule has 2 aromatic carbocycles. The van der Waals surface area contributed by atoms with Crippen molar-refractivity contribution in [3.63, 3.8) is 0 Å². The number of nitrogens with zero attached hydrogens (tertiary/aromatic N) is 4. The summed E-state index contributed by atoms with van der Waals surface area (Å²) in [6.45, 7) is 14.0. The van der Waals surface area contributed by atoms with E-state index in [1.807, 2.05) is 17.0 Å². The second kappa shape index (κ2) is 12.0. The summed E-state index contributed by atoms with van der Waals surface area (Å²) in [6, 6.07) is 11.2. The molecule has 2 atom stereocenters.